The molecule has 0 aromatic carbocycles. The summed E-state index contributed by atoms with van der Waals surface area (Å²) in [4.78, 5) is 3.88. The summed E-state index contributed by atoms with van der Waals surface area (Å²) in [5, 5.41) is 2.91. The smallest absolute Gasteiger partial charge is 0.158 e. The molecule has 1 saturated heterocycles. The van der Waals surface area contributed by atoms with Gasteiger partial charge < -0.3 is 5.32 Å². The standard InChI is InChI=1S/C11H16N2O2S/c14-16(15,11-2-1-5-13-8-11)9-10-3-6-12-7-4-10/h3-4,6-7,11,13H,1-2,5,8-9H2. The molecule has 0 saturated carbocycles. The maximum absolute atomic E-state index is 12.1. The Balaban J connectivity index is 2.08. The molecule has 1 aliphatic heterocycles. The Morgan fingerprint density at radius 2 is 2.12 bits per heavy atom. The molecular formula is C11H16N2O2S. The molecule has 4 nitrogen and oxygen atoms in total. The summed E-state index contributed by atoms with van der Waals surface area (Å²) in [7, 11) is -3.03. The van der Waals surface area contributed by atoms with E-state index in [1.807, 2.05) is 0 Å². The minimum absolute atomic E-state index is 0.127. The average Bonchev–Trinajstić information content (AvgIpc) is 2.31. The summed E-state index contributed by atoms with van der Waals surface area (Å²) in [6, 6.07) is 3.52. The van der Waals surface area contributed by atoms with Crippen LogP contribution in [0.5, 0.6) is 0 Å². The number of hydrogen-bond donors (Lipinski definition) is 1. The van der Waals surface area contributed by atoms with E-state index in [1.165, 1.54) is 0 Å². The molecule has 0 bridgehead atoms. The molecule has 1 fully saturated rings. The van der Waals surface area contributed by atoms with Crippen LogP contribution >= 0.6 is 0 Å². The molecular weight excluding hydrogens is 224 g/mol. The van der Waals surface area contributed by atoms with Crippen LogP contribution in [0.3, 0.4) is 0 Å². The van der Waals surface area contributed by atoms with Gasteiger partial charge in [-0.25, -0.2) is 8.42 Å². The monoisotopic (exact) mass is 240 g/mol. The van der Waals surface area contributed by atoms with Crippen LogP contribution in [0.4, 0.5) is 0 Å². The van der Waals surface area contributed by atoms with Gasteiger partial charge in [0.05, 0.1) is 11.0 Å². The average molecular weight is 240 g/mol. The number of sulfone groups is 1. The van der Waals surface area contributed by atoms with Crippen molar-refractivity contribution in [3.05, 3.63) is 30.1 Å². The van der Waals surface area contributed by atoms with Crippen LogP contribution in [-0.4, -0.2) is 31.7 Å². The minimum Gasteiger partial charge on any atom is -0.315 e. The first-order valence-corrected chi connectivity index (χ1v) is 7.21. The molecule has 88 valence electrons. The van der Waals surface area contributed by atoms with Crippen LogP contribution in [0, 0.1) is 0 Å². The van der Waals surface area contributed by atoms with Gasteiger partial charge in [-0.15, -0.1) is 0 Å². The molecule has 1 atom stereocenters. The topological polar surface area (TPSA) is 59.1 Å². The lowest BCUT2D eigenvalue weighted by Gasteiger charge is -2.22. The fraction of sp³-hybridized carbons (Fsp3) is 0.545. The van der Waals surface area contributed by atoms with Crippen molar-refractivity contribution in [2.24, 2.45) is 0 Å². The number of piperidine rings is 1. The summed E-state index contributed by atoms with van der Waals surface area (Å²) in [5.41, 5.74) is 0.820. The minimum atomic E-state index is -3.03. The van der Waals surface area contributed by atoms with Gasteiger partial charge >= 0.3 is 0 Å². The maximum atomic E-state index is 12.1. The summed E-state index contributed by atoms with van der Waals surface area (Å²) in [6.07, 6.45) is 4.98. The zero-order valence-corrected chi connectivity index (χ0v) is 9.91. The fourth-order valence-electron chi connectivity index (χ4n) is 1.96. The van der Waals surface area contributed by atoms with Gasteiger partial charge in [-0.2, -0.15) is 0 Å². The van der Waals surface area contributed by atoms with Gasteiger partial charge in [0.2, 0.25) is 0 Å². The number of aromatic nitrogens is 1. The number of hydrogen-bond acceptors (Lipinski definition) is 4. The largest absolute Gasteiger partial charge is 0.315 e. The predicted molar refractivity (Wildman–Crippen MR) is 62.8 cm³/mol. The van der Waals surface area contributed by atoms with Crippen molar-refractivity contribution in [1.29, 1.82) is 0 Å². The van der Waals surface area contributed by atoms with Gasteiger partial charge in [0.1, 0.15) is 0 Å². The Morgan fingerprint density at radius 1 is 1.38 bits per heavy atom. The molecule has 1 aromatic heterocycles. The lowest BCUT2D eigenvalue weighted by atomic mass is 10.2. The van der Waals surface area contributed by atoms with Gasteiger partial charge in [-0.1, -0.05) is 0 Å². The molecule has 16 heavy (non-hydrogen) atoms. The molecule has 2 heterocycles. The second kappa shape index (κ2) is 4.93. The van der Waals surface area contributed by atoms with E-state index in [-0.39, 0.29) is 11.0 Å². The zero-order chi connectivity index (χ0) is 11.4. The highest BCUT2D eigenvalue weighted by Crippen LogP contribution is 2.16. The first-order valence-electron chi connectivity index (χ1n) is 5.50. The second-order valence-electron chi connectivity index (χ2n) is 4.13. The van der Waals surface area contributed by atoms with E-state index in [0.29, 0.717) is 6.54 Å². The van der Waals surface area contributed by atoms with E-state index in [0.717, 1.165) is 24.9 Å². The molecule has 0 spiro atoms. The Morgan fingerprint density at radius 3 is 2.75 bits per heavy atom. The predicted octanol–water partition coefficient (Wildman–Crippen LogP) is 0.748. The fourth-order valence-corrected chi connectivity index (χ4v) is 3.75. The van der Waals surface area contributed by atoms with Crippen molar-refractivity contribution in [3.8, 4) is 0 Å². The molecule has 1 N–H and O–H groups in total. The van der Waals surface area contributed by atoms with Gasteiger partial charge in [0.25, 0.3) is 0 Å². The van der Waals surface area contributed by atoms with E-state index < -0.39 is 9.84 Å². The SMILES string of the molecule is O=S(=O)(Cc1ccncc1)C1CCCNC1. The summed E-state index contributed by atoms with van der Waals surface area (Å²) >= 11 is 0. The van der Waals surface area contributed by atoms with Gasteiger partial charge in [-0.3, -0.25) is 4.98 Å². The van der Waals surface area contributed by atoms with Crippen molar-refractivity contribution in [1.82, 2.24) is 10.3 Å². The summed E-state index contributed by atoms with van der Waals surface area (Å²) < 4.78 is 24.2. The van der Waals surface area contributed by atoms with Crippen molar-refractivity contribution in [2.45, 2.75) is 23.8 Å². The Bertz CT molecular complexity index is 425. The molecule has 5 heteroatoms. The lowest BCUT2D eigenvalue weighted by molar-refractivity contribution is 0.496. The van der Waals surface area contributed by atoms with Crippen molar-refractivity contribution in [3.63, 3.8) is 0 Å². The molecule has 0 radical (unpaired) electrons. The molecule has 1 aromatic rings. The lowest BCUT2D eigenvalue weighted by Crippen LogP contribution is -2.39. The number of nitrogens with zero attached hydrogens (tertiary/aromatic N) is 1. The highest BCUT2D eigenvalue weighted by atomic mass is 32.2. The number of nitrogens with one attached hydrogen (secondary N) is 1. The van der Waals surface area contributed by atoms with E-state index >= 15 is 0 Å². The van der Waals surface area contributed by atoms with Crippen molar-refractivity contribution in [2.75, 3.05) is 13.1 Å². The zero-order valence-electron chi connectivity index (χ0n) is 9.09. The second-order valence-corrected chi connectivity index (χ2v) is 6.41. The molecule has 1 unspecified atom stereocenters. The summed E-state index contributed by atoms with van der Waals surface area (Å²) in [6.45, 7) is 1.52. The molecule has 0 amide bonds. The van der Waals surface area contributed by atoms with Gasteiger partial charge in [0.15, 0.2) is 9.84 Å². The number of rotatable bonds is 3. The highest BCUT2D eigenvalue weighted by molar-refractivity contribution is 7.91. The Kier molecular flexibility index (Phi) is 3.56. The third kappa shape index (κ3) is 2.80. The number of pyridine rings is 1. The Labute approximate surface area is 96.0 Å². The summed E-state index contributed by atoms with van der Waals surface area (Å²) in [5.74, 6) is 0.127. The maximum Gasteiger partial charge on any atom is 0.158 e. The van der Waals surface area contributed by atoms with Crippen LogP contribution in [0.15, 0.2) is 24.5 Å². The molecule has 1 aliphatic rings. The van der Waals surface area contributed by atoms with Gasteiger partial charge in [0, 0.05) is 18.9 Å². The third-order valence-electron chi connectivity index (χ3n) is 2.88. The highest BCUT2D eigenvalue weighted by Gasteiger charge is 2.27. The molecule has 0 aliphatic carbocycles. The van der Waals surface area contributed by atoms with Crippen LogP contribution in [0.25, 0.3) is 0 Å². The van der Waals surface area contributed by atoms with Crippen LogP contribution in [0.2, 0.25) is 0 Å². The van der Waals surface area contributed by atoms with Crippen molar-refractivity contribution >= 4 is 9.84 Å². The van der Waals surface area contributed by atoms with E-state index in [2.05, 4.69) is 10.3 Å². The first-order chi connectivity index (χ1) is 7.68. The van der Waals surface area contributed by atoms with Gasteiger partial charge in [-0.05, 0) is 37.1 Å². The van der Waals surface area contributed by atoms with Crippen LogP contribution < -0.4 is 5.32 Å². The van der Waals surface area contributed by atoms with E-state index in [4.69, 9.17) is 0 Å². The quantitative estimate of drug-likeness (QED) is 0.847. The normalized spacial score (nSPS) is 21.9. The third-order valence-corrected chi connectivity index (χ3v) is 5.03. The Hall–Kier alpha value is -0.940. The van der Waals surface area contributed by atoms with E-state index in [9.17, 15) is 8.42 Å². The molecule has 2 rings (SSSR count). The first kappa shape index (κ1) is 11.5. The van der Waals surface area contributed by atoms with Crippen LogP contribution in [0.1, 0.15) is 18.4 Å². The van der Waals surface area contributed by atoms with Crippen LogP contribution in [-0.2, 0) is 15.6 Å². The van der Waals surface area contributed by atoms with Crippen molar-refractivity contribution < 1.29 is 8.42 Å². The van der Waals surface area contributed by atoms with E-state index in [1.54, 1.807) is 24.5 Å².